The number of amides is 2. The standard InChI is InChI=1S/C17H17N7O5S4.C5H10O2/c1-6-21-22-17(33-6)32-4-7-3-30-14-10(13(26)24(14)11(7)15(27)28)20-12(25)9(23-29-2)8-5-31-16(18)19-8;1-5(2,3)4(6)7/h5,10,14H,3-4H2,1-2H3,(H2,18,19)(H,20,25)(H,27,28);1-3H3,(H,6,7)/b23-9-;/t10-,14-;/m1./s1. The van der Waals surface area contributed by atoms with Gasteiger partial charge in [0, 0.05) is 16.9 Å². The van der Waals surface area contributed by atoms with E-state index in [0.29, 0.717) is 17.1 Å². The second-order valence-electron chi connectivity index (χ2n) is 9.24. The molecule has 2 aromatic rings. The number of fused-ring (bicyclic) bond motifs is 1. The summed E-state index contributed by atoms with van der Waals surface area (Å²) in [5.41, 5.74) is 5.69. The van der Waals surface area contributed by atoms with Crippen molar-refractivity contribution < 1.29 is 34.2 Å². The van der Waals surface area contributed by atoms with E-state index in [0.717, 1.165) is 20.7 Å². The van der Waals surface area contributed by atoms with Gasteiger partial charge in [0.05, 0.1) is 5.41 Å². The molecule has 14 nitrogen and oxygen atoms in total. The summed E-state index contributed by atoms with van der Waals surface area (Å²) < 4.78 is 0.726. The molecule has 2 amide bonds. The van der Waals surface area contributed by atoms with E-state index in [9.17, 15) is 24.3 Å². The lowest BCUT2D eigenvalue weighted by atomic mass is 9.98. The average molecular weight is 630 g/mol. The van der Waals surface area contributed by atoms with E-state index in [-0.39, 0.29) is 22.2 Å². The molecule has 0 spiro atoms. The summed E-state index contributed by atoms with van der Waals surface area (Å²) in [6.45, 7) is 6.82. The summed E-state index contributed by atoms with van der Waals surface area (Å²) in [6.07, 6.45) is 0. The third-order valence-corrected chi connectivity index (χ3v) is 9.29. The molecule has 4 heterocycles. The number of thiazole rings is 1. The Morgan fingerprint density at radius 3 is 2.48 bits per heavy atom. The fraction of sp³-hybridized carbons (Fsp3) is 0.455. The number of carboxylic acids is 2. The molecule has 1 fully saturated rings. The zero-order valence-corrected chi connectivity index (χ0v) is 25.3. The molecular weight excluding hydrogens is 603 g/mol. The predicted octanol–water partition coefficient (Wildman–Crippen LogP) is 1.88. The van der Waals surface area contributed by atoms with Crippen molar-refractivity contribution in [2.45, 2.75) is 43.5 Å². The molecule has 0 aliphatic carbocycles. The maximum atomic E-state index is 12.9. The van der Waals surface area contributed by atoms with Crippen LogP contribution in [0.3, 0.4) is 0 Å². The summed E-state index contributed by atoms with van der Waals surface area (Å²) in [4.78, 5) is 57.6. The molecule has 0 saturated carbocycles. The number of β-lactam (4-membered cyclic amide) rings is 1. The van der Waals surface area contributed by atoms with Crippen LogP contribution in [0, 0.1) is 12.3 Å². The summed E-state index contributed by atoms with van der Waals surface area (Å²) >= 11 is 5.30. The number of anilines is 1. The predicted molar refractivity (Wildman–Crippen MR) is 152 cm³/mol. The molecule has 1 saturated heterocycles. The van der Waals surface area contributed by atoms with Gasteiger partial charge in [-0.1, -0.05) is 28.3 Å². The number of carboxylic acid groups (broad SMARTS) is 2. The second-order valence-corrected chi connectivity index (χ2v) is 13.6. The van der Waals surface area contributed by atoms with Gasteiger partial charge in [-0.25, -0.2) is 9.78 Å². The van der Waals surface area contributed by atoms with Gasteiger partial charge in [0.2, 0.25) is 0 Å². The molecule has 4 rings (SSSR count). The van der Waals surface area contributed by atoms with Crippen molar-refractivity contribution in [2.75, 3.05) is 24.3 Å². The van der Waals surface area contributed by atoms with Gasteiger partial charge in [-0.05, 0) is 33.3 Å². The zero-order valence-electron chi connectivity index (χ0n) is 22.0. The molecule has 2 aromatic heterocycles. The van der Waals surface area contributed by atoms with Gasteiger partial charge in [0.1, 0.15) is 34.9 Å². The topological polar surface area (TPSA) is 210 Å². The summed E-state index contributed by atoms with van der Waals surface area (Å²) in [5.74, 6) is -2.37. The van der Waals surface area contributed by atoms with Crippen molar-refractivity contribution in [1.82, 2.24) is 25.4 Å². The van der Waals surface area contributed by atoms with Crippen LogP contribution in [0.1, 0.15) is 31.5 Å². The minimum Gasteiger partial charge on any atom is -0.481 e. The van der Waals surface area contributed by atoms with Crippen molar-refractivity contribution in [1.29, 1.82) is 0 Å². The molecular formula is C22H27N7O7S4. The minimum absolute atomic E-state index is 0.0546. The molecule has 2 atom stereocenters. The lowest BCUT2D eigenvalue weighted by Crippen LogP contribution is -2.71. The largest absolute Gasteiger partial charge is 0.481 e. The highest BCUT2D eigenvalue weighted by Gasteiger charge is 2.54. The number of nitrogens with one attached hydrogen (secondary N) is 1. The maximum Gasteiger partial charge on any atom is 0.352 e. The van der Waals surface area contributed by atoms with Gasteiger partial charge in [0.15, 0.2) is 15.2 Å². The van der Waals surface area contributed by atoms with Gasteiger partial charge in [0.25, 0.3) is 11.8 Å². The zero-order chi connectivity index (χ0) is 29.8. The van der Waals surface area contributed by atoms with Crippen LogP contribution in [-0.2, 0) is 24.0 Å². The molecule has 18 heteroatoms. The number of aromatic nitrogens is 3. The fourth-order valence-electron chi connectivity index (χ4n) is 3.18. The van der Waals surface area contributed by atoms with Crippen LogP contribution in [0.2, 0.25) is 0 Å². The number of aryl methyl sites for hydroxylation is 1. The Bertz CT molecular complexity index is 1370. The lowest BCUT2D eigenvalue weighted by Gasteiger charge is -2.49. The second kappa shape index (κ2) is 13.0. The number of rotatable bonds is 8. The van der Waals surface area contributed by atoms with Crippen molar-refractivity contribution >= 4 is 80.8 Å². The van der Waals surface area contributed by atoms with Gasteiger partial charge in [-0.15, -0.1) is 33.3 Å². The van der Waals surface area contributed by atoms with E-state index >= 15 is 0 Å². The van der Waals surface area contributed by atoms with Crippen LogP contribution in [0.25, 0.3) is 0 Å². The molecule has 2 aliphatic rings. The number of aliphatic carboxylic acids is 2. The molecule has 5 N–H and O–H groups in total. The Hall–Kier alpha value is -3.22. The van der Waals surface area contributed by atoms with Crippen molar-refractivity contribution in [3.8, 4) is 0 Å². The Balaban J connectivity index is 0.000000559. The number of thioether (sulfide) groups is 2. The van der Waals surface area contributed by atoms with Crippen molar-refractivity contribution in [3.05, 3.63) is 27.4 Å². The SMILES string of the molecule is CC(C)(C)C(=O)O.CO/N=C(\C(=O)N[C@@H]1C(=O)N2C(C(=O)O)=C(CSc3nnc(C)s3)CS[C@H]12)c1csc(N)n1. The highest BCUT2D eigenvalue weighted by molar-refractivity contribution is 8.01. The number of carbonyl (C=O) groups excluding carboxylic acids is 2. The lowest BCUT2D eigenvalue weighted by molar-refractivity contribution is -0.150. The monoisotopic (exact) mass is 629 g/mol. The first-order chi connectivity index (χ1) is 18.7. The highest BCUT2D eigenvalue weighted by Crippen LogP contribution is 2.41. The third kappa shape index (κ3) is 7.29. The van der Waals surface area contributed by atoms with Crippen LogP contribution in [0.4, 0.5) is 5.13 Å². The molecule has 216 valence electrons. The van der Waals surface area contributed by atoms with Gasteiger partial charge < -0.3 is 26.1 Å². The molecule has 2 aliphatic heterocycles. The quantitative estimate of drug-likeness (QED) is 0.142. The number of nitrogen functional groups attached to an aromatic ring is 1. The van der Waals surface area contributed by atoms with E-state index in [4.69, 9.17) is 15.7 Å². The number of nitrogens with zero attached hydrogens (tertiary/aromatic N) is 5. The van der Waals surface area contributed by atoms with Crippen molar-refractivity contribution in [2.24, 2.45) is 10.6 Å². The summed E-state index contributed by atoms with van der Waals surface area (Å²) in [7, 11) is 1.28. The van der Waals surface area contributed by atoms with Crippen LogP contribution in [0.5, 0.6) is 0 Å². The summed E-state index contributed by atoms with van der Waals surface area (Å²) in [5, 5.41) is 34.4. The van der Waals surface area contributed by atoms with Crippen molar-refractivity contribution in [3.63, 3.8) is 0 Å². The van der Waals surface area contributed by atoms with E-state index in [2.05, 4.69) is 25.7 Å². The Morgan fingerprint density at radius 1 is 1.30 bits per heavy atom. The molecule has 0 radical (unpaired) electrons. The van der Waals surface area contributed by atoms with Crippen LogP contribution in [-0.4, -0.2) is 89.8 Å². The highest BCUT2D eigenvalue weighted by atomic mass is 32.2. The van der Waals surface area contributed by atoms with E-state index < -0.39 is 40.6 Å². The first kappa shape index (κ1) is 31.3. The minimum atomic E-state index is -1.19. The Morgan fingerprint density at radius 2 is 1.98 bits per heavy atom. The van der Waals surface area contributed by atoms with Gasteiger partial charge in [-0.3, -0.25) is 19.3 Å². The first-order valence-electron chi connectivity index (χ1n) is 11.4. The molecule has 0 bridgehead atoms. The Kier molecular flexibility index (Phi) is 10.1. The number of nitrogens with two attached hydrogens (primary N) is 1. The third-order valence-electron chi connectivity index (χ3n) is 5.22. The van der Waals surface area contributed by atoms with Gasteiger partial charge in [-0.2, -0.15) is 0 Å². The number of carbonyl (C=O) groups is 4. The Labute approximate surface area is 245 Å². The average Bonchev–Trinajstić information content (AvgIpc) is 3.50. The number of oxime groups is 1. The van der Waals surface area contributed by atoms with E-state index in [1.54, 1.807) is 26.2 Å². The smallest absolute Gasteiger partial charge is 0.352 e. The van der Waals surface area contributed by atoms with Gasteiger partial charge >= 0.3 is 11.9 Å². The van der Waals surface area contributed by atoms with E-state index in [1.807, 2.05) is 6.92 Å². The molecule has 0 aromatic carbocycles. The van der Waals surface area contributed by atoms with Crippen LogP contribution >= 0.6 is 46.2 Å². The number of hydrogen-bond acceptors (Lipinski definition) is 14. The normalized spacial score (nSPS) is 18.8. The first-order valence-corrected chi connectivity index (χ1v) is 15.2. The maximum absolute atomic E-state index is 12.9. The van der Waals surface area contributed by atoms with Crippen LogP contribution < -0.4 is 11.1 Å². The van der Waals surface area contributed by atoms with Crippen LogP contribution in [0.15, 0.2) is 26.1 Å². The molecule has 40 heavy (non-hydrogen) atoms. The van der Waals surface area contributed by atoms with E-state index in [1.165, 1.54) is 46.9 Å². The fourth-order valence-corrected chi connectivity index (χ4v) is 7.03. The summed E-state index contributed by atoms with van der Waals surface area (Å²) in [6, 6.07) is -0.907. The molecule has 0 unspecified atom stereocenters. The number of hydrogen-bond donors (Lipinski definition) is 4.